The van der Waals surface area contributed by atoms with E-state index in [1.807, 2.05) is 40.2 Å². The maximum absolute atomic E-state index is 13.4. The molecule has 0 spiro atoms. The van der Waals surface area contributed by atoms with Crippen LogP contribution in [0.2, 0.25) is 0 Å². The number of aliphatic imine (C=N–C) groups is 1. The van der Waals surface area contributed by atoms with Crippen LogP contribution >= 0.6 is 8.15 Å². The fourth-order valence-electron chi connectivity index (χ4n) is 4.28. The summed E-state index contributed by atoms with van der Waals surface area (Å²) in [7, 11) is 0.964. The maximum atomic E-state index is 13.4. The minimum Gasteiger partial charge on any atom is -0.475 e. The molecule has 2 aliphatic heterocycles. The summed E-state index contributed by atoms with van der Waals surface area (Å²) in [6.07, 6.45) is 3.24. The van der Waals surface area contributed by atoms with E-state index >= 15 is 0 Å². The van der Waals surface area contributed by atoms with Crippen molar-refractivity contribution in [3.05, 3.63) is 65.1 Å². The zero-order chi connectivity index (χ0) is 27.9. The van der Waals surface area contributed by atoms with Crippen LogP contribution in [0.1, 0.15) is 41.0 Å². The van der Waals surface area contributed by atoms with E-state index in [4.69, 9.17) is 9.26 Å². The number of hydrogen-bond acceptors (Lipinski definition) is 8. The normalized spacial score (nSPS) is 16.1. The summed E-state index contributed by atoms with van der Waals surface area (Å²) in [6, 6.07) is 8.84. The Labute approximate surface area is 228 Å². The van der Waals surface area contributed by atoms with Crippen LogP contribution in [0, 0.1) is 6.92 Å². The van der Waals surface area contributed by atoms with Crippen LogP contribution in [0.4, 0.5) is 22.0 Å². The second-order valence-electron chi connectivity index (χ2n) is 10.2. The van der Waals surface area contributed by atoms with Crippen molar-refractivity contribution >= 4 is 43.2 Å². The average molecular weight is 548 g/mol. The molecule has 1 aromatic carbocycles. The Morgan fingerprint density at radius 1 is 1.18 bits per heavy atom. The number of nitrogens with one attached hydrogen (secondary N) is 1. The van der Waals surface area contributed by atoms with E-state index in [-0.39, 0.29) is 30.0 Å². The summed E-state index contributed by atoms with van der Waals surface area (Å²) < 4.78 is 11.4. The van der Waals surface area contributed by atoms with Crippen molar-refractivity contribution in [2.45, 2.75) is 32.9 Å². The lowest BCUT2D eigenvalue weighted by molar-refractivity contribution is 0.102. The molecule has 4 heterocycles. The Morgan fingerprint density at radius 2 is 1.97 bits per heavy atom. The lowest BCUT2D eigenvalue weighted by atomic mass is 10.1. The van der Waals surface area contributed by atoms with Gasteiger partial charge in [0.05, 0.1) is 43.5 Å². The van der Waals surface area contributed by atoms with Gasteiger partial charge in [-0.05, 0) is 58.4 Å². The monoisotopic (exact) mass is 547 g/mol. The van der Waals surface area contributed by atoms with Crippen molar-refractivity contribution in [1.29, 1.82) is 0 Å². The fourth-order valence-corrected chi connectivity index (χ4v) is 4.70. The minimum absolute atomic E-state index is 0.250. The molecule has 1 N–H and O–H groups in total. The second kappa shape index (κ2) is 10.2. The van der Waals surface area contributed by atoms with Gasteiger partial charge < -0.3 is 14.6 Å². The van der Waals surface area contributed by atoms with Gasteiger partial charge in [0, 0.05) is 29.9 Å². The number of benzene rings is 1. The molecule has 0 fully saturated rings. The van der Waals surface area contributed by atoms with Crippen molar-refractivity contribution in [1.82, 2.24) is 15.0 Å². The summed E-state index contributed by atoms with van der Waals surface area (Å²) in [6.45, 7) is 10.5. The third-order valence-electron chi connectivity index (χ3n) is 6.19. The Bertz CT molecular complexity index is 1490. The van der Waals surface area contributed by atoms with E-state index < -0.39 is 8.15 Å². The summed E-state index contributed by atoms with van der Waals surface area (Å²) in [5, 5.41) is 2.90. The summed E-state index contributed by atoms with van der Waals surface area (Å²) in [5.74, 6) is 0.716. The highest BCUT2D eigenvalue weighted by molar-refractivity contribution is 7.51. The Kier molecular flexibility index (Phi) is 6.94. The van der Waals surface area contributed by atoms with Gasteiger partial charge in [0.1, 0.15) is 12.4 Å². The standard InChI is InChI=1S/C27H30N7O4P/c1-16-21(34-14-19-12-29-25(38-39(5)6)31-22(19)33(4)26(34)36)11-20(13-28-16)30-23(35)17-8-7-9-18(10-17)24-32-27(2,3)15-37-24/h7-13H,14-15H2,1-6H3,(H,30,35). The molecule has 0 aliphatic carbocycles. The van der Waals surface area contributed by atoms with Crippen LogP contribution in [-0.4, -0.2) is 65.3 Å². The Hall–Kier alpha value is -4.11. The molecule has 0 radical (unpaired) electrons. The van der Waals surface area contributed by atoms with E-state index in [0.717, 1.165) is 11.1 Å². The van der Waals surface area contributed by atoms with Gasteiger partial charge in [0.2, 0.25) is 5.90 Å². The number of anilines is 3. The van der Waals surface area contributed by atoms with Gasteiger partial charge in [-0.1, -0.05) is 6.07 Å². The highest BCUT2D eigenvalue weighted by Gasteiger charge is 2.32. The predicted octanol–water partition coefficient (Wildman–Crippen LogP) is 4.60. The third kappa shape index (κ3) is 5.54. The molecular formula is C27H30N7O4P. The zero-order valence-corrected chi connectivity index (χ0v) is 23.6. The van der Waals surface area contributed by atoms with Crippen molar-refractivity contribution < 1.29 is 18.8 Å². The predicted molar refractivity (Wildman–Crippen MR) is 151 cm³/mol. The first-order valence-electron chi connectivity index (χ1n) is 12.4. The minimum atomic E-state index is -0.695. The number of fused-ring (bicyclic) bond motifs is 1. The molecule has 3 aromatic rings. The molecule has 11 nitrogen and oxygen atoms in total. The summed E-state index contributed by atoms with van der Waals surface area (Å²) in [4.78, 5) is 47.3. The van der Waals surface area contributed by atoms with Crippen LogP contribution in [0.25, 0.3) is 0 Å². The second-order valence-corrected chi connectivity index (χ2v) is 12.0. The molecule has 39 heavy (non-hydrogen) atoms. The first-order chi connectivity index (χ1) is 18.5. The maximum Gasteiger partial charge on any atom is 0.330 e. The molecule has 12 heteroatoms. The van der Waals surface area contributed by atoms with E-state index in [0.29, 0.717) is 41.0 Å². The van der Waals surface area contributed by atoms with Crippen LogP contribution in [0.3, 0.4) is 0 Å². The Balaban J connectivity index is 1.37. The highest BCUT2D eigenvalue weighted by atomic mass is 31.1. The number of nitrogens with zero attached hydrogens (tertiary/aromatic N) is 6. The quantitative estimate of drug-likeness (QED) is 0.448. The molecule has 0 saturated heterocycles. The largest absolute Gasteiger partial charge is 0.475 e. The third-order valence-corrected chi connectivity index (χ3v) is 6.72. The van der Waals surface area contributed by atoms with Gasteiger partial charge in [0.25, 0.3) is 5.91 Å². The molecule has 2 aliphatic rings. The number of urea groups is 1. The van der Waals surface area contributed by atoms with Crippen molar-refractivity contribution in [2.75, 3.05) is 42.1 Å². The Morgan fingerprint density at radius 3 is 2.69 bits per heavy atom. The lowest BCUT2D eigenvalue weighted by Gasteiger charge is -2.34. The topological polar surface area (TPSA) is 122 Å². The number of carbonyl (C=O) groups excluding carboxylic acids is 2. The van der Waals surface area contributed by atoms with Gasteiger partial charge >= 0.3 is 12.0 Å². The highest BCUT2D eigenvalue weighted by Crippen LogP contribution is 2.34. The molecule has 0 unspecified atom stereocenters. The molecular weight excluding hydrogens is 517 g/mol. The number of aryl methyl sites for hydroxylation is 1. The number of amides is 3. The van der Waals surface area contributed by atoms with Crippen molar-refractivity contribution in [3.8, 4) is 6.01 Å². The number of ether oxygens (including phenoxy) is 1. The lowest BCUT2D eigenvalue weighted by Crippen LogP contribution is -2.46. The number of rotatable bonds is 6. The van der Waals surface area contributed by atoms with E-state index in [1.54, 1.807) is 48.6 Å². The molecule has 5 rings (SSSR count). The first-order valence-corrected chi connectivity index (χ1v) is 14.5. The average Bonchev–Trinajstić information content (AvgIpc) is 3.27. The van der Waals surface area contributed by atoms with Gasteiger partial charge in [-0.15, -0.1) is 0 Å². The van der Waals surface area contributed by atoms with Gasteiger partial charge in [-0.2, -0.15) is 4.98 Å². The summed E-state index contributed by atoms with van der Waals surface area (Å²) in [5.41, 5.74) is 3.34. The van der Waals surface area contributed by atoms with E-state index in [1.165, 1.54) is 4.90 Å². The molecule has 2 aromatic heterocycles. The number of hydrogen-bond donors (Lipinski definition) is 1. The molecule has 0 atom stereocenters. The first kappa shape index (κ1) is 26.5. The van der Waals surface area contributed by atoms with Crippen molar-refractivity contribution in [2.24, 2.45) is 4.99 Å². The zero-order valence-electron chi connectivity index (χ0n) is 22.7. The van der Waals surface area contributed by atoms with E-state index in [9.17, 15) is 9.59 Å². The number of aromatic nitrogens is 3. The van der Waals surface area contributed by atoms with Crippen LogP contribution < -0.4 is 19.6 Å². The van der Waals surface area contributed by atoms with Crippen LogP contribution in [-0.2, 0) is 11.3 Å². The van der Waals surface area contributed by atoms with Crippen LogP contribution in [0.5, 0.6) is 6.01 Å². The number of pyridine rings is 1. The van der Waals surface area contributed by atoms with Gasteiger partial charge in [-0.25, -0.2) is 14.8 Å². The van der Waals surface area contributed by atoms with Crippen molar-refractivity contribution in [3.63, 3.8) is 0 Å². The SMILES string of the molecule is Cc1ncc(NC(=O)c2cccc(C3=NC(C)(C)CO3)c2)cc1N1Cc2cnc(OP(C)C)nc2N(C)C1=O. The molecule has 202 valence electrons. The number of carbonyl (C=O) groups is 2. The molecule has 3 amide bonds. The summed E-state index contributed by atoms with van der Waals surface area (Å²) >= 11 is 0. The molecule has 0 bridgehead atoms. The van der Waals surface area contributed by atoms with Gasteiger partial charge in [0.15, 0.2) is 0 Å². The van der Waals surface area contributed by atoms with Crippen LogP contribution in [0.15, 0.2) is 47.7 Å². The van der Waals surface area contributed by atoms with Gasteiger partial charge in [-0.3, -0.25) is 19.6 Å². The van der Waals surface area contributed by atoms with E-state index in [2.05, 4.69) is 25.3 Å². The molecule has 0 saturated carbocycles. The smallest absolute Gasteiger partial charge is 0.330 e. The fraction of sp³-hybridized carbons (Fsp3) is 0.333.